The van der Waals surface area contributed by atoms with Gasteiger partial charge < -0.3 is 14.6 Å². The predicted molar refractivity (Wildman–Crippen MR) is 61.6 cm³/mol. The Hall–Kier alpha value is -0.940. The highest BCUT2D eigenvalue weighted by atomic mass is 16.5. The van der Waals surface area contributed by atoms with Crippen molar-refractivity contribution < 1.29 is 9.26 Å². The van der Waals surface area contributed by atoms with Crippen LogP contribution in [0.1, 0.15) is 49.4 Å². The minimum absolute atomic E-state index is 0.0315. The largest absolute Gasteiger partial charge is 0.373 e. The number of ether oxygens (including phenoxy) is 1. The molecule has 1 saturated heterocycles. The molecule has 1 N–H and O–H groups in total. The fourth-order valence-corrected chi connectivity index (χ4v) is 2.50. The lowest BCUT2D eigenvalue weighted by Gasteiger charge is -2.18. The van der Waals surface area contributed by atoms with E-state index >= 15 is 0 Å². The second kappa shape index (κ2) is 4.74. The van der Waals surface area contributed by atoms with Gasteiger partial charge in [0.1, 0.15) is 6.10 Å². The van der Waals surface area contributed by atoms with Crippen molar-refractivity contribution in [1.82, 2.24) is 15.5 Å². The molecule has 5 heteroatoms. The van der Waals surface area contributed by atoms with Gasteiger partial charge in [0, 0.05) is 13.7 Å². The van der Waals surface area contributed by atoms with Gasteiger partial charge in [-0.1, -0.05) is 5.16 Å². The monoisotopic (exact) mass is 237 g/mol. The molecular weight excluding hydrogens is 218 g/mol. The van der Waals surface area contributed by atoms with Gasteiger partial charge in [0.2, 0.25) is 11.7 Å². The summed E-state index contributed by atoms with van der Waals surface area (Å²) in [5.41, 5.74) is 0. The Labute approximate surface area is 101 Å². The normalized spacial score (nSPS) is 27.0. The quantitative estimate of drug-likeness (QED) is 0.862. The van der Waals surface area contributed by atoms with Gasteiger partial charge in [0.25, 0.3) is 0 Å². The first-order valence-electron chi connectivity index (χ1n) is 6.45. The molecule has 2 aliphatic rings. The molecule has 1 saturated carbocycles. The lowest BCUT2D eigenvalue weighted by atomic mass is 10.00. The maximum Gasteiger partial charge on any atom is 0.231 e. The van der Waals surface area contributed by atoms with E-state index in [0.29, 0.717) is 11.8 Å². The molecule has 2 atom stereocenters. The number of nitrogens with zero attached hydrogens (tertiary/aromatic N) is 2. The first kappa shape index (κ1) is 11.2. The molecule has 5 nitrogen and oxygen atoms in total. The van der Waals surface area contributed by atoms with Crippen LogP contribution in [0, 0.1) is 5.92 Å². The molecule has 0 bridgehead atoms. The second-order valence-corrected chi connectivity index (χ2v) is 5.03. The summed E-state index contributed by atoms with van der Waals surface area (Å²) in [5, 5.41) is 7.45. The van der Waals surface area contributed by atoms with E-state index in [4.69, 9.17) is 9.26 Å². The SMILES string of the molecule is COC(c1noc([C@@H]2CCCNC2)n1)C1CC1. The first-order chi connectivity index (χ1) is 8.38. The average Bonchev–Trinajstić information content (AvgIpc) is 3.09. The zero-order chi connectivity index (χ0) is 11.7. The van der Waals surface area contributed by atoms with E-state index < -0.39 is 0 Å². The number of hydrogen-bond donors (Lipinski definition) is 1. The van der Waals surface area contributed by atoms with Crippen LogP contribution in [0.3, 0.4) is 0 Å². The van der Waals surface area contributed by atoms with E-state index in [1.165, 1.54) is 19.3 Å². The Morgan fingerprint density at radius 3 is 2.94 bits per heavy atom. The molecule has 0 amide bonds. The van der Waals surface area contributed by atoms with E-state index in [9.17, 15) is 0 Å². The van der Waals surface area contributed by atoms with Crippen molar-refractivity contribution in [2.75, 3.05) is 20.2 Å². The van der Waals surface area contributed by atoms with E-state index in [0.717, 1.165) is 31.2 Å². The number of hydrogen-bond acceptors (Lipinski definition) is 5. The summed E-state index contributed by atoms with van der Waals surface area (Å²) in [5.74, 6) is 2.47. The van der Waals surface area contributed by atoms with Gasteiger partial charge in [-0.2, -0.15) is 4.98 Å². The minimum atomic E-state index is 0.0315. The molecule has 1 aromatic heterocycles. The van der Waals surface area contributed by atoms with Crippen LogP contribution in [0.15, 0.2) is 4.52 Å². The number of nitrogens with one attached hydrogen (secondary N) is 1. The van der Waals surface area contributed by atoms with Crippen molar-refractivity contribution >= 4 is 0 Å². The van der Waals surface area contributed by atoms with Crippen LogP contribution in [0.25, 0.3) is 0 Å². The molecule has 1 unspecified atom stereocenters. The van der Waals surface area contributed by atoms with Gasteiger partial charge in [0.15, 0.2) is 0 Å². The molecular formula is C12H19N3O2. The van der Waals surface area contributed by atoms with Crippen molar-refractivity contribution in [3.8, 4) is 0 Å². The van der Waals surface area contributed by atoms with Crippen LogP contribution in [0.4, 0.5) is 0 Å². The highest BCUT2D eigenvalue weighted by molar-refractivity contribution is 5.02. The number of rotatable bonds is 4. The standard InChI is InChI=1S/C12H19N3O2/c1-16-10(8-4-5-8)11-14-12(17-15-11)9-3-2-6-13-7-9/h8-10,13H,2-7H2,1H3/t9-,10?/m1/s1. The van der Waals surface area contributed by atoms with Crippen LogP contribution in [0.2, 0.25) is 0 Å². The van der Waals surface area contributed by atoms with Gasteiger partial charge in [-0.3, -0.25) is 0 Å². The van der Waals surface area contributed by atoms with Gasteiger partial charge in [-0.05, 0) is 38.1 Å². The Kier molecular flexibility index (Phi) is 3.11. The fourth-order valence-electron chi connectivity index (χ4n) is 2.50. The molecule has 17 heavy (non-hydrogen) atoms. The lowest BCUT2D eigenvalue weighted by molar-refractivity contribution is 0.0751. The maximum absolute atomic E-state index is 5.46. The Balaban J connectivity index is 1.72. The van der Waals surface area contributed by atoms with Crippen LogP contribution in [0.5, 0.6) is 0 Å². The van der Waals surface area contributed by atoms with Crippen LogP contribution >= 0.6 is 0 Å². The molecule has 2 heterocycles. The summed E-state index contributed by atoms with van der Waals surface area (Å²) >= 11 is 0. The molecule has 0 radical (unpaired) electrons. The zero-order valence-electron chi connectivity index (χ0n) is 10.2. The molecule has 1 aromatic rings. The summed E-state index contributed by atoms with van der Waals surface area (Å²) in [6.07, 6.45) is 4.78. The molecule has 94 valence electrons. The second-order valence-electron chi connectivity index (χ2n) is 5.03. The summed E-state index contributed by atoms with van der Waals surface area (Å²) in [4.78, 5) is 4.52. The smallest absolute Gasteiger partial charge is 0.231 e. The third-order valence-electron chi connectivity index (χ3n) is 3.66. The molecule has 0 aromatic carbocycles. The van der Waals surface area contributed by atoms with E-state index in [2.05, 4.69) is 15.5 Å². The van der Waals surface area contributed by atoms with Crippen molar-refractivity contribution in [2.45, 2.75) is 37.7 Å². The third-order valence-corrected chi connectivity index (χ3v) is 3.66. The van der Waals surface area contributed by atoms with Crippen LogP contribution in [-0.2, 0) is 4.74 Å². The first-order valence-corrected chi connectivity index (χ1v) is 6.45. The molecule has 2 fully saturated rings. The Morgan fingerprint density at radius 1 is 1.41 bits per heavy atom. The fraction of sp³-hybridized carbons (Fsp3) is 0.833. The van der Waals surface area contributed by atoms with Crippen LogP contribution in [-0.4, -0.2) is 30.3 Å². The van der Waals surface area contributed by atoms with Gasteiger partial charge in [-0.15, -0.1) is 0 Å². The third kappa shape index (κ3) is 2.35. The van der Waals surface area contributed by atoms with E-state index in [1.807, 2.05) is 0 Å². The van der Waals surface area contributed by atoms with Crippen molar-refractivity contribution in [3.63, 3.8) is 0 Å². The van der Waals surface area contributed by atoms with Gasteiger partial charge in [-0.25, -0.2) is 0 Å². The number of methoxy groups -OCH3 is 1. The predicted octanol–water partition coefficient (Wildman–Crippen LogP) is 1.63. The molecule has 1 aliphatic carbocycles. The minimum Gasteiger partial charge on any atom is -0.373 e. The van der Waals surface area contributed by atoms with Crippen molar-refractivity contribution in [1.29, 1.82) is 0 Å². The summed E-state index contributed by atoms with van der Waals surface area (Å²) in [6.45, 7) is 2.04. The average molecular weight is 237 g/mol. The number of aromatic nitrogens is 2. The van der Waals surface area contributed by atoms with Crippen molar-refractivity contribution in [2.24, 2.45) is 5.92 Å². The molecule has 3 rings (SSSR count). The van der Waals surface area contributed by atoms with Gasteiger partial charge >= 0.3 is 0 Å². The highest BCUT2D eigenvalue weighted by Gasteiger charge is 2.36. The topological polar surface area (TPSA) is 60.2 Å². The summed E-state index contributed by atoms with van der Waals surface area (Å²) in [7, 11) is 1.72. The Bertz CT molecular complexity index is 370. The summed E-state index contributed by atoms with van der Waals surface area (Å²) < 4.78 is 10.8. The van der Waals surface area contributed by atoms with E-state index in [-0.39, 0.29) is 6.10 Å². The summed E-state index contributed by atoms with van der Waals surface area (Å²) in [6, 6.07) is 0. The number of piperidine rings is 1. The van der Waals surface area contributed by atoms with Gasteiger partial charge in [0.05, 0.1) is 5.92 Å². The van der Waals surface area contributed by atoms with Crippen molar-refractivity contribution in [3.05, 3.63) is 11.7 Å². The molecule has 1 aliphatic heterocycles. The molecule has 0 spiro atoms. The van der Waals surface area contributed by atoms with E-state index in [1.54, 1.807) is 7.11 Å². The highest BCUT2D eigenvalue weighted by Crippen LogP contribution is 2.42. The zero-order valence-corrected chi connectivity index (χ0v) is 10.2. The van der Waals surface area contributed by atoms with Crippen LogP contribution < -0.4 is 5.32 Å². The lowest BCUT2D eigenvalue weighted by Crippen LogP contribution is -2.28. The maximum atomic E-state index is 5.46. The Morgan fingerprint density at radius 2 is 2.29 bits per heavy atom.